The Bertz CT molecular complexity index is 2030. The van der Waals surface area contributed by atoms with E-state index in [2.05, 4.69) is 22.5 Å². The van der Waals surface area contributed by atoms with E-state index in [0.29, 0.717) is 38.4 Å². The minimum absolute atomic E-state index is 0.263. The van der Waals surface area contributed by atoms with Crippen LogP contribution in [0.1, 0.15) is 29.8 Å². The number of halogens is 1. The first kappa shape index (κ1) is 26.4. The van der Waals surface area contributed by atoms with E-state index in [4.69, 9.17) is 4.99 Å². The standard InChI is InChI=1S/C33H27FN4O2S/c1-4-18-37-21(3)26(25-12-8-9-13-27(25)37)19-28-32(40)38-30(22-14-16-23(34)17-15-22)29(20(2)35-33(38)41-28)31(39)36-24-10-6-5-7-11-24/h4-17,19,30H,1,18H2,2-3H3,(H,36,39)/b28-19+/t30-/m0/s1. The molecular formula is C33H27FN4O2S. The minimum atomic E-state index is -0.777. The van der Waals surface area contributed by atoms with Crippen molar-refractivity contribution >= 4 is 39.9 Å². The zero-order valence-corrected chi connectivity index (χ0v) is 23.4. The lowest BCUT2D eigenvalue weighted by Gasteiger charge is -2.25. The van der Waals surface area contributed by atoms with Gasteiger partial charge in [0.05, 0.1) is 21.8 Å². The van der Waals surface area contributed by atoms with Crippen LogP contribution in [0.25, 0.3) is 17.0 Å². The Morgan fingerprint density at radius 1 is 1.05 bits per heavy atom. The Balaban J connectivity index is 1.55. The molecule has 0 spiro atoms. The summed E-state index contributed by atoms with van der Waals surface area (Å²) in [6.45, 7) is 8.34. The number of para-hydroxylation sites is 2. The molecule has 0 bridgehead atoms. The Labute approximate surface area is 239 Å². The number of hydrogen-bond acceptors (Lipinski definition) is 4. The first-order valence-corrected chi connectivity index (χ1v) is 14.0. The van der Waals surface area contributed by atoms with Crippen LogP contribution in [0, 0.1) is 12.7 Å². The summed E-state index contributed by atoms with van der Waals surface area (Å²) in [5.41, 5.74) is 4.83. The number of carbonyl (C=O) groups is 1. The molecule has 5 aromatic rings. The fourth-order valence-electron chi connectivity index (χ4n) is 5.43. The number of nitrogens with one attached hydrogen (secondary N) is 1. The second-order valence-electron chi connectivity index (χ2n) is 9.87. The number of rotatable bonds is 6. The van der Waals surface area contributed by atoms with Crippen LogP contribution in [0.15, 0.2) is 113 Å². The van der Waals surface area contributed by atoms with E-state index in [1.807, 2.05) is 55.5 Å². The Hall–Kier alpha value is -4.82. The molecule has 0 unspecified atom stereocenters. The average molecular weight is 563 g/mol. The van der Waals surface area contributed by atoms with Crippen molar-refractivity contribution in [1.29, 1.82) is 0 Å². The SMILES string of the molecule is C=CCn1c(C)c(/C=c2/sc3n(c2=O)[C@@H](c2ccc(F)cc2)C(C(=O)Nc2ccccc2)=C(C)N=3)c2ccccc21. The van der Waals surface area contributed by atoms with Gasteiger partial charge >= 0.3 is 0 Å². The first-order valence-electron chi connectivity index (χ1n) is 13.2. The summed E-state index contributed by atoms with van der Waals surface area (Å²) >= 11 is 1.28. The number of aromatic nitrogens is 2. The monoisotopic (exact) mass is 562 g/mol. The van der Waals surface area contributed by atoms with E-state index in [-0.39, 0.29) is 11.5 Å². The highest BCUT2D eigenvalue weighted by Crippen LogP contribution is 2.31. The molecule has 1 aliphatic rings. The van der Waals surface area contributed by atoms with Crippen molar-refractivity contribution in [2.45, 2.75) is 26.4 Å². The maximum atomic E-state index is 14.1. The lowest BCUT2D eigenvalue weighted by molar-refractivity contribution is -0.113. The van der Waals surface area contributed by atoms with Crippen LogP contribution in [-0.4, -0.2) is 15.0 Å². The summed E-state index contributed by atoms with van der Waals surface area (Å²) in [7, 11) is 0. The molecule has 0 saturated carbocycles. The number of fused-ring (bicyclic) bond motifs is 2. The van der Waals surface area contributed by atoms with Gasteiger partial charge in [-0.1, -0.05) is 65.9 Å². The van der Waals surface area contributed by atoms with Crippen molar-refractivity contribution in [3.05, 3.63) is 145 Å². The third kappa shape index (κ3) is 4.66. The van der Waals surface area contributed by atoms with Crippen molar-refractivity contribution in [3.8, 4) is 0 Å². The highest BCUT2D eigenvalue weighted by Gasteiger charge is 2.32. The molecule has 1 aliphatic heterocycles. The number of hydrogen-bond donors (Lipinski definition) is 1. The molecule has 0 radical (unpaired) electrons. The zero-order valence-electron chi connectivity index (χ0n) is 22.6. The topological polar surface area (TPSA) is 68.4 Å². The van der Waals surface area contributed by atoms with Gasteiger partial charge in [0.1, 0.15) is 5.82 Å². The number of benzene rings is 3. The maximum Gasteiger partial charge on any atom is 0.271 e. The molecule has 2 aromatic heterocycles. The molecule has 41 heavy (non-hydrogen) atoms. The predicted octanol–water partition coefficient (Wildman–Crippen LogP) is 5.46. The van der Waals surface area contributed by atoms with Crippen LogP contribution in [0.5, 0.6) is 0 Å². The van der Waals surface area contributed by atoms with Gasteiger partial charge in [0.15, 0.2) is 4.80 Å². The predicted molar refractivity (Wildman–Crippen MR) is 162 cm³/mol. The highest BCUT2D eigenvalue weighted by atomic mass is 32.1. The van der Waals surface area contributed by atoms with E-state index in [9.17, 15) is 14.0 Å². The van der Waals surface area contributed by atoms with E-state index in [0.717, 1.165) is 22.2 Å². The van der Waals surface area contributed by atoms with Gasteiger partial charge in [0, 0.05) is 34.4 Å². The lowest BCUT2D eigenvalue weighted by Crippen LogP contribution is -2.40. The summed E-state index contributed by atoms with van der Waals surface area (Å²) in [6, 6.07) is 22.3. The second kappa shape index (κ2) is 10.6. The molecule has 6 rings (SSSR count). The molecule has 8 heteroatoms. The largest absolute Gasteiger partial charge is 0.340 e. The second-order valence-corrected chi connectivity index (χ2v) is 10.9. The Kier molecular flexibility index (Phi) is 6.85. The third-order valence-corrected chi connectivity index (χ3v) is 8.33. The van der Waals surface area contributed by atoms with E-state index < -0.39 is 11.9 Å². The fourth-order valence-corrected chi connectivity index (χ4v) is 6.46. The smallest absolute Gasteiger partial charge is 0.271 e. The van der Waals surface area contributed by atoms with Gasteiger partial charge < -0.3 is 9.88 Å². The summed E-state index contributed by atoms with van der Waals surface area (Å²) in [5, 5.41) is 3.97. The van der Waals surface area contributed by atoms with Crippen LogP contribution >= 0.6 is 11.3 Å². The van der Waals surface area contributed by atoms with E-state index in [1.54, 1.807) is 35.8 Å². The molecule has 1 N–H and O–H groups in total. The average Bonchev–Trinajstić information content (AvgIpc) is 3.42. The Morgan fingerprint density at radius 2 is 1.76 bits per heavy atom. The van der Waals surface area contributed by atoms with Crippen molar-refractivity contribution in [2.75, 3.05) is 5.32 Å². The van der Waals surface area contributed by atoms with Crippen LogP contribution in [0.4, 0.5) is 10.1 Å². The van der Waals surface area contributed by atoms with Crippen molar-refractivity contribution in [2.24, 2.45) is 4.99 Å². The summed E-state index contributed by atoms with van der Waals surface area (Å²) < 4.78 is 18.1. The number of anilines is 1. The first-order chi connectivity index (χ1) is 19.9. The minimum Gasteiger partial charge on any atom is -0.340 e. The van der Waals surface area contributed by atoms with E-state index >= 15 is 0 Å². The lowest BCUT2D eigenvalue weighted by atomic mass is 9.95. The van der Waals surface area contributed by atoms with Crippen molar-refractivity contribution < 1.29 is 9.18 Å². The maximum absolute atomic E-state index is 14.1. The molecule has 0 saturated heterocycles. The molecule has 204 valence electrons. The fraction of sp³-hybridized carbons (Fsp3) is 0.121. The van der Waals surface area contributed by atoms with Crippen molar-refractivity contribution in [1.82, 2.24) is 9.13 Å². The van der Waals surface area contributed by atoms with Crippen molar-refractivity contribution in [3.63, 3.8) is 0 Å². The van der Waals surface area contributed by atoms with Crippen LogP contribution in [0.3, 0.4) is 0 Å². The molecule has 0 aliphatic carbocycles. The van der Waals surface area contributed by atoms with Crippen LogP contribution in [0.2, 0.25) is 0 Å². The molecular weight excluding hydrogens is 535 g/mol. The number of carbonyl (C=O) groups excluding carboxylic acids is 1. The van der Waals surface area contributed by atoms with Crippen LogP contribution in [-0.2, 0) is 11.3 Å². The number of amides is 1. The van der Waals surface area contributed by atoms with Gasteiger partial charge in [-0.3, -0.25) is 14.2 Å². The molecule has 3 heterocycles. The molecule has 3 aromatic carbocycles. The number of thiazole rings is 1. The summed E-state index contributed by atoms with van der Waals surface area (Å²) in [4.78, 5) is 33.0. The van der Waals surface area contributed by atoms with Gasteiger partial charge in [-0.2, -0.15) is 0 Å². The van der Waals surface area contributed by atoms with Gasteiger partial charge in [-0.05, 0) is 55.8 Å². The summed E-state index contributed by atoms with van der Waals surface area (Å²) in [6.07, 6.45) is 3.76. The quantitative estimate of drug-likeness (QED) is 0.279. The van der Waals surface area contributed by atoms with Crippen LogP contribution < -0.4 is 20.2 Å². The van der Waals surface area contributed by atoms with Gasteiger partial charge in [-0.25, -0.2) is 9.38 Å². The summed E-state index contributed by atoms with van der Waals surface area (Å²) in [5.74, 6) is -0.770. The normalized spacial score (nSPS) is 15.1. The van der Waals surface area contributed by atoms with E-state index in [1.165, 1.54) is 23.5 Å². The highest BCUT2D eigenvalue weighted by molar-refractivity contribution is 7.07. The molecule has 6 nitrogen and oxygen atoms in total. The third-order valence-electron chi connectivity index (χ3n) is 7.35. The molecule has 0 fully saturated rings. The van der Waals surface area contributed by atoms with Gasteiger partial charge in [0.25, 0.3) is 11.5 Å². The number of nitrogens with zero attached hydrogens (tertiary/aromatic N) is 3. The molecule has 1 atom stereocenters. The van der Waals surface area contributed by atoms with Gasteiger partial charge in [0.2, 0.25) is 0 Å². The van der Waals surface area contributed by atoms with Gasteiger partial charge in [-0.15, -0.1) is 6.58 Å². The molecule has 1 amide bonds. The number of allylic oxidation sites excluding steroid dienone is 2. The zero-order chi connectivity index (χ0) is 28.7. The Morgan fingerprint density at radius 3 is 2.49 bits per heavy atom.